The molecular weight excluding hydrogens is 284 g/mol. The molecule has 1 aromatic carbocycles. The average Bonchev–Trinajstić information content (AvgIpc) is 2.72. The van der Waals surface area contributed by atoms with Crippen molar-refractivity contribution in [1.82, 2.24) is 14.9 Å². The zero-order valence-electron chi connectivity index (χ0n) is 12.4. The highest BCUT2D eigenvalue weighted by Crippen LogP contribution is 2.43. The second-order valence-electron chi connectivity index (χ2n) is 6.22. The summed E-state index contributed by atoms with van der Waals surface area (Å²) in [4.78, 5) is 11.2. The van der Waals surface area contributed by atoms with Gasteiger partial charge in [0.25, 0.3) is 0 Å². The summed E-state index contributed by atoms with van der Waals surface area (Å²) < 4.78 is 26.8. The molecule has 3 heterocycles. The average molecular weight is 301 g/mol. The number of hydrogen-bond donors (Lipinski definition) is 0. The lowest BCUT2D eigenvalue weighted by atomic mass is 9.98. The summed E-state index contributed by atoms with van der Waals surface area (Å²) in [5.41, 5.74) is 3.00. The van der Waals surface area contributed by atoms with Gasteiger partial charge in [0, 0.05) is 42.9 Å². The third-order valence-electron chi connectivity index (χ3n) is 4.74. The maximum atomic E-state index is 13.4. The lowest BCUT2D eigenvalue weighted by molar-refractivity contribution is 0.165. The number of aryl methyl sites for hydroxylation is 1. The maximum absolute atomic E-state index is 13.4. The number of hydrogen-bond acceptors (Lipinski definition) is 3. The van der Waals surface area contributed by atoms with E-state index in [4.69, 9.17) is 0 Å². The minimum Gasteiger partial charge on any atom is -0.289 e. The van der Waals surface area contributed by atoms with Crippen molar-refractivity contribution in [1.29, 1.82) is 0 Å². The Bertz CT molecular complexity index is 712. The molecule has 1 aromatic heterocycles. The van der Waals surface area contributed by atoms with E-state index in [-0.39, 0.29) is 6.04 Å². The van der Waals surface area contributed by atoms with Gasteiger partial charge in [0.1, 0.15) is 17.5 Å². The van der Waals surface area contributed by atoms with Gasteiger partial charge in [0.15, 0.2) is 0 Å². The van der Waals surface area contributed by atoms with Gasteiger partial charge in [-0.15, -0.1) is 0 Å². The fourth-order valence-corrected chi connectivity index (χ4v) is 3.83. The van der Waals surface area contributed by atoms with Crippen LogP contribution in [0.15, 0.2) is 24.4 Å². The van der Waals surface area contributed by atoms with Crippen LogP contribution in [-0.4, -0.2) is 20.9 Å². The summed E-state index contributed by atoms with van der Waals surface area (Å²) in [5, 5.41) is 0. The molecule has 0 N–H and O–H groups in total. The number of rotatable bonds is 2. The molecule has 0 aliphatic carbocycles. The Morgan fingerprint density at radius 3 is 2.73 bits per heavy atom. The fraction of sp³-hybridized carbons (Fsp3) is 0.412. The highest BCUT2D eigenvalue weighted by atomic mass is 19.1. The second kappa shape index (κ2) is 5.09. The summed E-state index contributed by atoms with van der Waals surface area (Å²) in [6.45, 7) is 2.47. The van der Waals surface area contributed by atoms with E-state index in [1.165, 1.54) is 17.7 Å². The molecule has 1 fully saturated rings. The van der Waals surface area contributed by atoms with Crippen molar-refractivity contribution in [2.24, 2.45) is 0 Å². The van der Waals surface area contributed by atoms with Crippen molar-refractivity contribution >= 4 is 0 Å². The predicted octanol–water partition coefficient (Wildman–Crippen LogP) is 3.33. The molecule has 0 unspecified atom stereocenters. The first-order valence-electron chi connectivity index (χ1n) is 7.63. The number of benzene rings is 1. The molecule has 0 saturated carbocycles. The number of fused-ring (bicyclic) bond motifs is 4. The summed E-state index contributed by atoms with van der Waals surface area (Å²) in [5.74, 6) is -0.226. The van der Waals surface area contributed by atoms with Crippen LogP contribution in [0, 0.1) is 18.6 Å². The Morgan fingerprint density at radius 2 is 1.95 bits per heavy atom. The van der Waals surface area contributed by atoms with Crippen LogP contribution in [0.25, 0.3) is 0 Å². The van der Waals surface area contributed by atoms with Crippen LogP contribution < -0.4 is 0 Å². The topological polar surface area (TPSA) is 29.0 Å². The smallest absolute Gasteiger partial charge is 0.126 e. The van der Waals surface area contributed by atoms with E-state index in [1.807, 2.05) is 13.1 Å². The third-order valence-corrected chi connectivity index (χ3v) is 4.74. The Balaban J connectivity index is 1.65. The first-order chi connectivity index (χ1) is 10.6. The lowest BCUT2D eigenvalue weighted by Crippen LogP contribution is -2.37. The van der Waals surface area contributed by atoms with Gasteiger partial charge >= 0.3 is 0 Å². The monoisotopic (exact) mass is 301 g/mol. The van der Waals surface area contributed by atoms with Crippen LogP contribution in [0.1, 0.15) is 41.5 Å². The van der Waals surface area contributed by atoms with Gasteiger partial charge in [-0.05, 0) is 37.5 Å². The molecule has 5 heteroatoms. The van der Waals surface area contributed by atoms with Gasteiger partial charge in [-0.3, -0.25) is 4.90 Å². The molecule has 114 valence electrons. The Hall–Kier alpha value is -1.88. The standard InChI is InChI=1S/C17H17F2N3/c1-10-20-8-15-16(21-10)7-14-2-3-17(15)22(14)9-11-4-12(18)6-13(19)5-11/h4-6,8,14,17H,2-3,7,9H2,1H3/t14-,17+/m1/s1. The van der Waals surface area contributed by atoms with E-state index in [2.05, 4.69) is 14.9 Å². The highest BCUT2D eigenvalue weighted by Gasteiger charge is 2.40. The number of halogens is 2. The maximum Gasteiger partial charge on any atom is 0.126 e. The molecule has 0 amide bonds. The summed E-state index contributed by atoms with van der Waals surface area (Å²) in [6.07, 6.45) is 4.97. The first-order valence-corrected chi connectivity index (χ1v) is 7.63. The van der Waals surface area contributed by atoms with E-state index in [0.29, 0.717) is 18.2 Å². The van der Waals surface area contributed by atoms with Gasteiger partial charge in [0.05, 0.1) is 5.69 Å². The largest absolute Gasteiger partial charge is 0.289 e. The summed E-state index contributed by atoms with van der Waals surface area (Å²) in [7, 11) is 0. The minimum atomic E-state index is -0.515. The van der Waals surface area contributed by atoms with Crippen LogP contribution in [0.2, 0.25) is 0 Å². The molecule has 4 rings (SSSR count). The Labute approximate surface area is 128 Å². The minimum absolute atomic E-state index is 0.265. The summed E-state index contributed by atoms with van der Waals surface area (Å²) >= 11 is 0. The van der Waals surface area contributed by atoms with Crippen LogP contribution in [0.4, 0.5) is 8.78 Å². The molecule has 2 atom stereocenters. The quantitative estimate of drug-likeness (QED) is 0.852. The Morgan fingerprint density at radius 1 is 1.18 bits per heavy atom. The number of aromatic nitrogens is 2. The zero-order chi connectivity index (χ0) is 15.3. The van der Waals surface area contributed by atoms with E-state index in [9.17, 15) is 8.78 Å². The van der Waals surface area contributed by atoms with Gasteiger partial charge < -0.3 is 0 Å². The van der Waals surface area contributed by atoms with Crippen LogP contribution in [-0.2, 0) is 13.0 Å². The van der Waals surface area contributed by atoms with E-state index >= 15 is 0 Å². The number of nitrogens with zero attached hydrogens (tertiary/aromatic N) is 3. The second-order valence-corrected chi connectivity index (χ2v) is 6.22. The molecule has 2 aliphatic heterocycles. The molecule has 2 aliphatic rings. The molecule has 22 heavy (non-hydrogen) atoms. The zero-order valence-corrected chi connectivity index (χ0v) is 12.4. The summed E-state index contributed by atoms with van der Waals surface area (Å²) in [6, 6.07) is 4.42. The molecule has 2 bridgehead atoms. The van der Waals surface area contributed by atoms with E-state index in [0.717, 1.165) is 36.8 Å². The molecule has 0 radical (unpaired) electrons. The van der Waals surface area contributed by atoms with Crippen molar-refractivity contribution in [2.75, 3.05) is 0 Å². The molecule has 0 spiro atoms. The predicted molar refractivity (Wildman–Crippen MR) is 78.1 cm³/mol. The lowest BCUT2D eigenvalue weighted by Gasteiger charge is -2.35. The van der Waals surface area contributed by atoms with Crippen molar-refractivity contribution in [3.05, 3.63) is 58.7 Å². The van der Waals surface area contributed by atoms with Crippen molar-refractivity contribution in [3.8, 4) is 0 Å². The first kappa shape index (κ1) is 13.8. The van der Waals surface area contributed by atoms with Crippen LogP contribution in [0.5, 0.6) is 0 Å². The van der Waals surface area contributed by atoms with Gasteiger partial charge in [0.2, 0.25) is 0 Å². The van der Waals surface area contributed by atoms with Gasteiger partial charge in [-0.25, -0.2) is 18.7 Å². The van der Waals surface area contributed by atoms with Crippen molar-refractivity contribution < 1.29 is 8.78 Å². The van der Waals surface area contributed by atoms with Gasteiger partial charge in [-0.2, -0.15) is 0 Å². The van der Waals surface area contributed by atoms with Crippen molar-refractivity contribution in [2.45, 2.75) is 44.8 Å². The van der Waals surface area contributed by atoms with Gasteiger partial charge in [-0.1, -0.05) is 0 Å². The van der Waals surface area contributed by atoms with Crippen LogP contribution >= 0.6 is 0 Å². The highest BCUT2D eigenvalue weighted by molar-refractivity contribution is 5.29. The van der Waals surface area contributed by atoms with Crippen molar-refractivity contribution in [3.63, 3.8) is 0 Å². The molecular formula is C17H17F2N3. The fourth-order valence-electron chi connectivity index (χ4n) is 3.83. The molecule has 3 nitrogen and oxygen atoms in total. The SMILES string of the molecule is Cc1ncc2c(n1)C[C@H]1CC[C@@H]2N1Cc1cc(F)cc(F)c1. The molecule has 1 saturated heterocycles. The normalized spacial score (nSPS) is 23.6. The third kappa shape index (κ3) is 2.29. The Kier molecular flexibility index (Phi) is 3.18. The molecule has 2 aromatic rings. The van der Waals surface area contributed by atoms with Crippen LogP contribution in [0.3, 0.4) is 0 Å². The van der Waals surface area contributed by atoms with E-state index < -0.39 is 11.6 Å². The van der Waals surface area contributed by atoms with E-state index in [1.54, 1.807) is 0 Å².